The van der Waals surface area contributed by atoms with Gasteiger partial charge in [0, 0.05) is 0 Å². The molecule has 4 rings (SSSR count). The topological polar surface area (TPSA) is 0 Å². The molecule has 0 aliphatic heterocycles. The largest absolute Gasteiger partial charge is 0.165 e. The molecule has 0 atom stereocenters. The van der Waals surface area contributed by atoms with Crippen LogP contribution in [0.1, 0.15) is 11.1 Å². The molecule has 0 radical (unpaired) electrons. The van der Waals surface area contributed by atoms with Crippen molar-refractivity contribution in [3.8, 4) is 0 Å². The van der Waals surface area contributed by atoms with Crippen molar-refractivity contribution < 1.29 is 14.5 Å². The van der Waals surface area contributed by atoms with Crippen molar-refractivity contribution in [1.29, 1.82) is 0 Å². The summed E-state index contributed by atoms with van der Waals surface area (Å²) in [5.41, 5.74) is 2.76. The van der Waals surface area contributed by atoms with Gasteiger partial charge in [-0.15, -0.1) is 68.7 Å². The molecular formula is C28H40Cl2Si3Ti-2. The standard InChI is InChI=1S/2C13H17Si.C2H6Si.2ClH.Ti/c2*1-10-8-11-6-5-7-13(12(11)9-10)14(2,3)4;1-3-2;;;/h2*5-9H,1-4H3;1-2H3;2*1H;/q2*-1;;;;+2/p-2. The number of fused-ring (bicyclic) bond motifs is 2. The van der Waals surface area contributed by atoms with E-state index >= 15 is 0 Å². The summed E-state index contributed by atoms with van der Waals surface area (Å²) < 4.78 is 0. The summed E-state index contributed by atoms with van der Waals surface area (Å²) in [4.78, 5) is 0. The summed E-state index contributed by atoms with van der Waals surface area (Å²) in [6.45, 7) is 23.1. The predicted molar refractivity (Wildman–Crippen MR) is 164 cm³/mol. The first-order chi connectivity index (χ1) is 15.6. The molecule has 0 aliphatic rings. The van der Waals surface area contributed by atoms with E-state index in [0.29, 0.717) is 0 Å². The maximum atomic E-state index is 5.59. The SMILES string of the molecule is C[Si](C)=[Ti]([Cl])[Cl].Cc1cc2c([Si](C)(C)C)cccc2[cH-]1.Cc1cc2c([Si](C)(C)C)cccc2[cH-]1. The number of rotatable bonds is 2. The molecule has 0 saturated carbocycles. The minimum Gasteiger partial charge on any atom is -0.165 e. The minimum absolute atomic E-state index is 0.254. The van der Waals surface area contributed by atoms with E-state index in [1.807, 2.05) is 0 Å². The Morgan fingerprint density at radius 2 is 1.00 bits per heavy atom. The van der Waals surface area contributed by atoms with E-state index < -0.39 is 30.6 Å². The first kappa shape index (κ1) is 29.8. The number of hydrogen-bond acceptors (Lipinski definition) is 0. The molecule has 184 valence electrons. The van der Waals surface area contributed by atoms with Gasteiger partial charge < -0.3 is 0 Å². The third-order valence-electron chi connectivity index (χ3n) is 5.78. The molecule has 6 heteroatoms. The Balaban J connectivity index is 0.000000196. The fourth-order valence-electron chi connectivity index (χ4n) is 4.08. The smallest absolute Gasteiger partial charge is 0.0662 e. The molecule has 0 spiro atoms. The van der Waals surface area contributed by atoms with Crippen LogP contribution >= 0.6 is 18.6 Å². The van der Waals surface area contributed by atoms with Crippen molar-refractivity contribution in [2.45, 2.75) is 66.2 Å². The molecule has 0 aromatic heterocycles. The van der Waals surface area contributed by atoms with Crippen molar-refractivity contribution >= 4 is 72.9 Å². The zero-order valence-electron chi connectivity index (χ0n) is 22.5. The molecule has 4 aromatic carbocycles. The van der Waals surface area contributed by atoms with Crippen LogP contribution < -0.4 is 10.4 Å². The molecule has 0 saturated heterocycles. The van der Waals surface area contributed by atoms with Gasteiger partial charge in [0.1, 0.15) is 0 Å². The van der Waals surface area contributed by atoms with E-state index in [0.717, 1.165) is 0 Å². The van der Waals surface area contributed by atoms with E-state index in [-0.39, 0.29) is 6.19 Å². The third kappa shape index (κ3) is 8.33. The van der Waals surface area contributed by atoms with Crippen LogP contribution in [0.2, 0.25) is 52.4 Å². The average Bonchev–Trinajstić information content (AvgIpc) is 3.27. The molecular weight excluding hydrogens is 539 g/mol. The average molecular weight is 580 g/mol. The molecule has 0 aliphatic carbocycles. The Labute approximate surface area is 223 Å². The van der Waals surface area contributed by atoms with Gasteiger partial charge in [0.15, 0.2) is 0 Å². The number of halogens is 2. The normalized spacial score (nSPS) is 11.5. The number of aryl methyl sites for hydroxylation is 2. The molecule has 0 fully saturated rings. The van der Waals surface area contributed by atoms with Crippen LogP contribution in [0, 0.1) is 13.8 Å². The van der Waals surface area contributed by atoms with Gasteiger partial charge in [-0.2, -0.15) is 22.9 Å². The summed E-state index contributed by atoms with van der Waals surface area (Å²) in [6, 6.07) is 22.6. The van der Waals surface area contributed by atoms with Gasteiger partial charge in [0.05, 0.1) is 16.1 Å². The zero-order chi connectivity index (χ0) is 25.8. The Bertz CT molecular complexity index is 1180. The van der Waals surface area contributed by atoms with E-state index in [9.17, 15) is 0 Å². The summed E-state index contributed by atoms with van der Waals surface area (Å²) in [6.07, 6.45) is -0.254. The third-order valence-corrected chi connectivity index (χ3v) is 23.5. The zero-order valence-corrected chi connectivity index (χ0v) is 28.6. The molecule has 0 N–H and O–H groups in total. The maximum Gasteiger partial charge on any atom is 0.0662 e. The van der Waals surface area contributed by atoms with Crippen molar-refractivity contribution in [2.24, 2.45) is 0 Å². The van der Waals surface area contributed by atoms with E-state index in [1.54, 1.807) is 10.4 Å². The van der Waals surface area contributed by atoms with Gasteiger partial charge in [-0.05, 0) is 0 Å². The first-order valence-electron chi connectivity index (χ1n) is 11.9. The van der Waals surface area contributed by atoms with Gasteiger partial charge in [0.25, 0.3) is 0 Å². The van der Waals surface area contributed by atoms with Gasteiger partial charge >= 0.3 is 52.4 Å². The Morgan fingerprint density at radius 1 is 0.676 bits per heavy atom. The Hall–Kier alpha value is -0.395. The second-order valence-electron chi connectivity index (χ2n) is 11.4. The fraction of sp³-hybridized carbons (Fsp3) is 0.357. The Kier molecular flexibility index (Phi) is 10.7. The van der Waals surface area contributed by atoms with Crippen molar-refractivity contribution in [2.75, 3.05) is 0 Å². The van der Waals surface area contributed by atoms with Crippen LogP contribution in [0.25, 0.3) is 21.5 Å². The summed E-state index contributed by atoms with van der Waals surface area (Å²) in [5.74, 6) is 0. The van der Waals surface area contributed by atoms with Crippen molar-refractivity contribution in [3.05, 3.63) is 71.8 Å². The predicted octanol–water partition coefficient (Wildman–Crippen LogP) is 8.99. The maximum absolute atomic E-state index is 5.59. The van der Waals surface area contributed by atoms with Gasteiger partial charge in [0.2, 0.25) is 0 Å². The van der Waals surface area contributed by atoms with Crippen molar-refractivity contribution in [1.82, 2.24) is 0 Å². The summed E-state index contributed by atoms with van der Waals surface area (Å²) in [7, 11) is 8.81. The second kappa shape index (κ2) is 12.2. The fourth-order valence-corrected chi connectivity index (χ4v) is 7.32. The first-order valence-corrected chi connectivity index (χ1v) is 28.1. The van der Waals surface area contributed by atoms with Gasteiger partial charge in [-0.3, -0.25) is 0 Å². The van der Waals surface area contributed by atoms with Crippen LogP contribution in [0.15, 0.2) is 60.7 Å². The monoisotopic (exact) mass is 578 g/mol. The van der Waals surface area contributed by atoms with Gasteiger partial charge in [-0.1, -0.05) is 65.3 Å². The van der Waals surface area contributed by atoms with E-state index in [2.05, 4.69) is 127 Å². The molecule has 0 unspecified atom stereocenters. The van der Waals surface area contributed by atoms with Crippen LogP contribution in [-0.2, 0) is 14.5 Å². The van der Waals surface area contributed by atoms with Gasteiger partial charge in [-0.25, -0.2) is 0 Å². The van der Waals surface area contributed by atoms with Crippen LogP contribution in [0.5, 0.6) is 0 Å². The van der Waals surface area contributed by atoms with Crippen LogP contribution in [0.3, 0.4) is 0 Å². The molecule has 34 heavy (non-hydrogen) atoms. The molecule has 4 aromatic rings. The summed E-state index contributed by atoms with van der Waals surface area (Å²) >= 11 is -1.42. The second-order valence-corrected chi connectivity index (χ2v) is 37.6. The quantitative estimate of drug-likeness (QED) is 0.164. The number of hydrogen-bond donors (Lipinski definition) is 0. The van der Waals surface area contributed by atoms with E-state index in [4.69, 9.17) is 18.6 Å². The Morgan fingerprint density at radius 3 is 1.26 bits per heavy atom. The van der Waals surface area contributed by atoms with Crippen molar-refractivity contribution in [3.63, 3.8) is 0 Å². The van der Waals surface area contributed by atoms with Crippen LogP contribution in [0.4, 0.5) is 0 Å². The van der Waals surface area contributed by atoms with E-state index in [1.165, 1.54) is 32.7 Å². The molecule has 0 nitrogen and oxygen atoms in total. The van der Waals surface area contributed by atoms with Crippen LogP contribution in [-0.4, -0.2) is 22.3 Å². The molecule has 0 bridgehead atoms. The molecule has 0 heterocycles. The summed E-state index contributed by atoms with van der Waals surface area (Å²) in [5, 5.41) is 8.93. The molecule has 0 amide bonds. The minimum atomic E-state index is -1.42. The number of benzene rings is 2.